The predicted octanol–water partition coefficient (Wildman–Crippen LogP) is 2.77. The molecule has 21 heavy (non-hydrogen) atoms. The molecule has 0 atom stereocenters. The third-order valence-corrected chi connectivity index (χ3v) is 4.79. The second kappa shape index (κ2) is 4.85. The first-order valence-corrected chi connectivity index (χ1v) is 8.79. The van der Waals surface area contributed by atoms with Crippen molar-refractivity contribution >= 4 is 42.7 Å². The van der Waals surface area contributed by atoms with E-state index in [1.165, 1.54) is 6.26 Å². The van der Waals surface area contributed by atoms with Gasteiger partial charge in [0.1, 0.15) is 0 Å². The Hall–Kier alpha value is -1.86. The van der Waals surface area contributed by atoms with Crippen molar-refractivity contribution in [3.8, 4) is 5.69 Å². The molecule has 0 bridgehead atoms. The molecule has 0 saturated heterocycles. The van der Waals surface area contributed by atoms with Gasteiger partial charge in [0.2, 0.25) is 5.95 Å². The summed E-state index contributed by atoms with van der Waals surface area (Å²) in [5, 5.41) is 0. The summed E-state index contributed by atoms with van der Waals surface area (Å²) >= 11 is 3.42. The van der Waals surface area contributed by atoms with Crippen LogP contribution in [0.1, 0.15) is 0 Å². The van der Waals surface area contributed by atoms with Crippen molar-refractivity contribution < 1.29 is 8.42 Å². The van der Waals surface area contributed by atoms with E-state index in [4.69, 9.17) is 5.73 Å². The van der Waals surface area contributed by atoms with Crippen molar-refractivity contribution in [2.24, 2.45) is 0 Å². The lowest BCUT2D eigenvalue weighted by Crippen LogP contribution is -2.02. The van der Waals surface area contributed by atoms with Crippen LogP contribution in [-0.4, -0.2) is 24.2 Å². The van der Waals surface area contributed by atoms with Crippen LogP contribution in [0.2, 0.25) is 0 Å². The molecule has 0 unspecified atom stereocenters. The first-order chi connectivity index (χ1) is 9.86. The number of imidazole rings is 1. The Bertz CT molecular complexity index is 931. The van der Waals surface area contributed by atoms with Gasteiger partial charge in [-0.05, 0) is 42.5 Å². The molecule has 0 aliphatic heterocycles. The Morgan fingerprint density at radius 2 is 1.81 bits per heavy atom. The van der Waals surface area contributed by atoms with Crippen molar-refractivity contribution in [3.05, 3.63) is 46.9 Å². The van der Waals surface area contributed by atoms with Crippen LogP contribution in [0.5, 0.6) is 0 Å². The minimum Gasteiger partial charge on any atom is -0.369 e. The topological polar surface area (TPSA) is 78.0 Å². The number of nitrogens with zero attached hydrogens (tertiary/aromatic N) is 2. The molecule has 5 nitrogen and oxygen atoms in total. The van der Waals surface area contributed by atoms with Gasteiger partial charge in [-0.15, -0.1) is 0 Å². The van der Waals surface area contributed by atoms with Crippen LogP contribution in [-0.2, 0) is 9.84 Å². The molecule has 2 aromatic carbocycles. The maximum atomic E-state index is 11.5. The monoisotopic (exact) mass is 365 g/mol. The third kappa shape index (κ3) is 2.54. The quantitative estimate of drug-likeness (QED) is 0.757. The van der Waals surface area contributed by atoms with E-state index in [9.17, 15) is 8.42 Å². The van der Waals surface area contributed by atoms with Gasteiger partial charge in [0.25, 0.3) is 0 Å². The third-order valence-electron chi connectivity index (χ3n) is 3.17. The minimum atomic E-state index is -3.21. The Balaban J connectivity index is 2.20. The van der Waals surface area contributed by atoms with Gasteiger partial charge in [-0.1, -0.05) is 15.9 Å². The SMILES string of the molecule is CS(=O)(=O)c1ccc(-n2c(N)nc3ccc(Br)cc32)cc1. The number of halogens is 1. The largest absolute Gasteiger partial charge is 0.369 e. The fourth-order valence-corrected chi connectivity index (χ4v) is 3.16. The van der Waals surface area contributed by atoms with Gasteiger partial charge in [0.15, 0.2) is 9.84 Å². The van der Waals surface area contributed by atoms with Gasteiger partial charge in [-0.3, -0.25) is 4.57 Å². The maximum Gasteiger partial charge on any atom is 0.205 e. The number of hydrogen-bond donors (Lipinski definition) is 1. The van der Waals surface area contributed by atoms with E-state index in [1.807, 2.05) is 18.2 Å². The molecule has 7 heteroatoms. The summed E-state index contributed by atoms with van der Waals surface area (Å²) in [6.45, 7) is 0. The molecule has 0 radical (unpaired) electrons. The smallest absolute Gasteiger partial charge is 0.205 e. The molecule has 0 amide bonds. The van der Waals surface area contributed by atoms with E-state index in [0.29, 0.717) is 5.95 Å². The zero-order valence-electron chi connectivity index (χ0n) is 11.1. The van der Waals surface area contributed by atoms with Crippen LogP contribution in [0.25, 0.3) is 16.7 Å². The Morgan fingerprint density at radius 1 is 1.14 bits per heavy atom. The van der Waals surface area contributed by atoms with Crippen LogP contribution < -0.4 is 5.73 Å². The van der Waals surface area contributed by atoms with Crippen LogP contribution in [0, 0.1) is 0 Å². The van der Waals surface area contributed by atoms with Crippen LogP contribution in [0.15, 0.2) is 51.8 Å². The van der Waals surface area contributed by atoms with E-state index in [2.05, 4.69) is 20.9 Å². The Labute approximate surface area is 130 Å². The first-order valence-electron chi connectivity index (χ1n) is 6.10. The lowest BCUT2D eigenvalue weighted by Gasteiger charge is -2.07. The second-order valence-corrected chi connectivity index (χ2v) is 7.64. The summed E-state index contributed by atoms with van der Waals surface area (Å²) in [5.74, 6) is 0.357. The van der Waals surface area contributed by atoms with Crippen molar-refractivity contribution in [2.45, 2.75) is 4.90 Å². The lowest BCUT2D eigenvalue weighted by atomic mass is 10.3. The molecular weight excluding hydrogens is 354 g/mol. The van der Waals surface area contributed by atoms with E-state index in [0.717, 1.165) is 21.2 Å². The minimum absolute atomic E-state index is 0.274. The highest BCUT2D eigenvalue weighted by atomic mass is 79.9. The van der Waals surface area contributed by atoms with Crippen molar-refractivity contribution in [1.82, 2.24) is 9.55 Å². The number of anilines is 1. The molecule has 0 aliphatic carbocycles. The van der Waals surface area contributed by atoms with Gasteiger partial charge >= 0.3 is 0 Å². The number of hydrogen-bond acceptors (Lipinski definition) is 4. The van der Waals surface area contributed by atoms with Crippen LogP contribution in [0.3, 0.4) is 0 Å². The van der Waals surface area contributed by atoms with Crippen molar-refractivity contribution in [1.29, 1.82) is 0 Å². The molecule has 2 N–H and O–H groups in total. The molecule has 3 rings (SSSR count). The maximum absolute atomic E-state index is 11.5. The highest BCUT2D eigenvalue weighted by molar-refractivity contribution is 9.10. The van der Waals surface area contributed by atoms with E-state index < -0.39 is 9.84 Å². The van der Waals surface area contributed by atoms with E-state index in [-0.39, 0.29) is 4.90 Å². The molecule has 0 fully saturated rings. The lowest BCUT2D eigenvalue weighted by molar-refractivity contribution is 0.602. The first kappa shape index (κ1) is 14.1. The van der Waals surface area contributed by atoms with Crippen molar-refractivity contribution in [3.63, 3.8) is 0 Å². The number of nitrogens with two attached hydrogens (primary N) is 1. The van der Waals surface area contributed by atoms with Gasteiger partial charge in [-0.2, -0.15) is 0 Å². The predicted molar refractivity (Wildman–Crippen MR) is 86.3 cm³/mol. The summed E-state index contributed by atoms with van der Waals surface area (Å²) in [4.78, 5) is 4.58. The number of benzene rings is 2. The zero-order valence-corrected chi connectivity index (χ0v) is 13.5. The summed E-state index contributed by atoms with van der Waals surface area (Å²) in [7, 11) is -3.21. The average Bonchev–Trinajstić information content (AvgIpc) is 2.73. The molecule has 0 aliphatic rings. The summed E-state index contributed by atoms with van der Waals surface area (Å²) in [6.07, 6.45) is 1.18. The number of fused-ring (bicyclic) bond motifs is 1. The normalized spacial score (nSPS) is 11.9. The summed E-state index contributed by atoms with van der Waals surface area (Å²) < 4.78 is 25.7. The van der Waals surface area contributed by atoms with Gasteiger partial charge in [0, 0.05) is 16.4 Å². The molecular formula is C14H12BrN3O2S. The molecule has 108 valence electrons. The summed E-state index contributed by atoms with van der Waals surface area (Å²) in [6, 6.07) is 12.2. The molecule has 0 spiro atoms. The zero-order chi connectivity index (χ0) is 15.2. The number of aromatic nitrogens is 2. The fourth-order valence-electron chi connectivity index (χ4n) is 2.18. The Kier molecular flexibility index (Phi) is 3.26. The standard InChI is InChI=1S/C14H12BrN3O2S/c1-21(19,20)11-5-3-10(4-6-11)18-13-8-9(15)2-7-12(13)17-14(18)16/h2-8H,1H3,(H2,16,17). The molecule has 0 saturated carbocycles. The molecule has 3 aromatic rings. The highest BCUT2D eigenvalue weighted by Crippen LogP contribution is 2.26. The van der Waals surface area contributed by atoms with Gasteiger partial charge in [0.05, 0.1) is 15.9 Å². The van der Waals surface area contributed by atoms with Crippen LogP contribution >= 0.6 is 15.9 Å². The average molecular weight is 366 g/mol. The van der Waals surface area contributed by atoms with Crippen molar-refractivity contribution in [2.75, 3.05) is 12.0 Å². The summed E-state index contributed by atoms with van der Waals surface area (Å²) in [5.41, 5.74) is 8.38. The van der Waals surface area contributed by atoms with Crippen LogP contribution in [0.4, 0.5) is 5.95 Å². The second-order valence-electron chi connectivity index (χ2n) is 4.70. The van der Waals surface area contributed by atoms with Gasteiger partial charge in [-0.25, -0.2) is 13.4 Å². The number of nitrogen functional groups attached to an aromatic ring is 1. The molecule has 1 aromatic heterocycles. The molecule has 1 heterocycles. The van der Waals surface area contributed by atoms with E-state index >= 15 is 0 Å². The Morgan fingerprint density at radius 3 is 2.43 bits per heavy atom. The van der Waals surface area contributed by atoms with Gasteiger partial charge < -0.3 is 5.73 Å². The fraction of sp³-hybridized carbons (Fsp3) is 0.0714. The van der Waals surface area contributed by atoms with E-state index in [1.54, 1.807) is 28.8 Å². The number of sulfone groups is 1. The highest BCUT2D eigenvalue weighted by Gasteiger charge is 2.12. The number of rotatable bonds is 2.